The maximum Gasteiger partial charge on any atom is 0.248 e. The number of ether oxygens (including phenoxy) is 3. The predicted octanol–water partition coefficient (Wildman–Crippen LogP) is 4.57. The van der Waals surface area contributed by atoms with E-state index in [1.807, 2.05) is 62.4 Å². The molecule has 0 radical (unpaired) electrons. The van der Waals surface area contributed by atoms with E-state index in [0.29, 0.717) is 41.5 Å². The van der Waals surface area contributed by atoms with Crippen molar-refractivity contribution in [1.29, 1.82) is 0 Å². The Morgan fingerprint density at radius 1 is 0.902 bits per heavy atom. The third-order valence-corrected chi connectivity index (χ3v) is 6.15. The largest absolute Gasteiger partial charge is 0.493 e. The molecule has 0 bridgehead atoms. The molecule has 41 heavy (non-hydrogen) atoms. The van der Waals surface area contributed by atoms with Gasteiger partial charge in [0.2, 0.25) is 11.9 Å². The lowest BCUT2D eigenvalue weighted by Gasteiger charge is -2.16. The van der Waals surface area contributed by atoms with Crippen molar-refractivity contribution in [2.75, 3.05) is 63.4 Å². The van der Waals surface area contributed by atoms with Crippen LogP contribution < -0.4 is 25.8 Å². The van der Waals surface area contributed by atoms with Crippen molar-refractivity contribution in [2.24, 2.45) is 0 Å². The van der Waals surface area contributed by atoms with E-state index in [1.165, 1.54) is 4.68 Å². The average Bonchev–Trinajstić information content (AvgIpc) is 3.33. The predicted molar refractivity (Wildman–Crippen MR) is 161 cm³/mol. The number of unbranched alkanes of at least 4 members (excludes halogenated alkanes) is 1. The molecule has 4 aromatic rings. The molecule has 0 saturated carbocycles. The molecule has 4 N–H and O–H groups in total. The minimum atomic E-state index is 0.187. The first-order chi connectivity index (χ1) is 19.9. The normalized spacial score (nSPS) is 11.0. The van der Waals surface area contributed by atoms with Gasteiger partial charge in [-0.2, -0.15) is 9.67 Å². The van der Waals surface area contributed by atoms with Gasteiger partial charge in [-0.1, -0.05) is 18.2 Å². The Morgan fingerprint density at radius 2 is 1.73 bits per heavy atom. The van der Waals surface area contributed by atoms with Crippen LogP contribution in [-0.2, 0) is 4.74 Å². The van der Waals surface area contributed by atoms with Crippen molar-refractivity contribution >= 4 is 29.1 Å². The van der Waals surface area contributed by atoms with Gasteiger partial charge in [0.1, 0.15) is 11.6 Å². The highest BCUT2D eigenvalue weighted by Gasteiger charge is 2.14. The number of hydrogen-bond acceptors (Lipinski definition) is 11. The fourth-order valence-corrected chi connectivity index (χ4v) is 4.08. The Morgan fingerprint density at radius 3 is 2.51 bits per heavy atom. The molecule has 0 aliphatic carbocycles. The molecule has 218 valence electrons. The molecule has 0 atom stereocenters. The number of nitrogens with zero attached hydrogens (tertiary/aromatic N) is 6. The van der Waals surface area contributed by atoms with Crippen LogP contribution in [0.3, 0.4) is 0 Å². The summed E-state index contributed by atoms with van der Waals surface area (Å²) in [6.45, 7) is 7.87. The summed E-state index contributed by atoms with van der Waals surface area (Å²) in [6, 6.07) is 17.1. The summed E-state index contributed by atoms with van der Waals surface area (Å²) in [5, 5.41) is 11.0. The van der Waals surface area contributed by atoms with Crippen molar-refractivity contribution < 1.29 is 14.2 Å². The maximum atomic E-state index is 6.20. The second-order valence-corrected chi connectivity index (χ2v) is 9.40. The Kier molecular flexibility index (Phi) is 10.7. The average molecular weight is 562 g/mol. The van der Waals surface area contributed by atoms with Crippen LogP contribution in [0.5, 0.6) is 11.5 Å². The van der Waals surface area contributed by atoms with E-state index < -0.39 is 0 Å². The highest BCUT2D eigenvalue weighted by atomic mass is 16.5. The number of nitrogens with two attached hydrogens (primary N) is 1. The Labute approximate surface area is 240 Å². The SMILES string of the molecule is CCOCCN(C)CCCCOc1ccc(Nc2nc(N)n(-c3cc(Nc4ccccc4)nc(C)n3)n2)cc1OC. The number of rotatable bonds is 16. The third kappa shape index (κ3) is 8.78. The molecule has 0 aliphatic rings. The minimum Gasteiger partial charge on any atom is -0.493 e. The van der Waals surface area contributed by atoms with E-state index in [-0.39, 0.29) is 5.95 Å². The Bertz CT molecular complexity index is 1380. The van der Waals surface area contributed by atoms with Gasteiger partial charge in [0.15, 0.2) is 17.3 Å². The van der Waals surface area contributed by atoms with Crippen molar-refractivity contribution in [2.45, 2.75) is 26.7 Å². The van der Waals surface area contributed by atoms with Crippen molar-refractivity contribution in [1.82, 2.24) is 29.6 Å². The molecule has 2 aromatic carbocycles. The number of aromatic nitrogens is 5. The highest BCUT2D eigenvalue weighted by Crippen LogP contribution is 2.31. The smallest absolute Gasteiger partial charge is 0.248 e. The molecule has 4 rings (SSSR count). The van der Waals surface area contributed by atoms with E-state index >= 15 is 0 Å². The van der Waals surface area contributed by atoms with Gasteiger partial charge in [-0.25, -0.2) is 9.97 Å². The third-order valence-electron chi connectivity index (χ3n) is 6.15. The summed E-state index contributed by atoms with van der Waals surface area (Å²) in [4.78, 5) is 15.6. The van der Waals surface area contributed by atoms with Gasteiger partial charge in [-0.3, -0.25) is 0 Å². The van der Waals surface area contributed by atoms with Gasteiger partial charge < -0.3 is 35.5 Å². The number of likely N-dealkylation sites (N-methyl/N-ethyl adjacent to an activating group) is 1. The van der Waals surface area contributed by atoms with Gasteiger partial charge in [0, 0.05) is 36.7 Å². The van der Waals surface area contributed by atoms with Crippen LogP contribution in [0.25, 0.3) is 5.82 Å². The lowest BCUT2D eigenvalue weighted by Crippen LogP contribution is -2.24. The zero-order valence-corrected chi connectivity index (χ0v) is 24.1. The number of nitrogen functional groups attached to an aromatic ring is 1. The lowest BCUT2D eigenvalue weighted by atomic mass is 10.2. The van der Waals surface area contributed by atoms with Crippen LogP contribution in [0.15, 0.2) is 54.6 Å². The number of aryl methyl sites for hydroxylation is 1. The number of para-hydroxylation sites is 1. The van der Waals surface area contributed by atoms with Crippen molar-refractivity contribution in [3.05, 3.63) is 60.4 Å². The molecule has 12 nitrogen and oxygen atoms in total. The van der Waals surface area contributed by atoms with E-state index in [9.17, 15) is 0 Å². The standard InChI is InChI=1S/C29H39N9O3/c1-5-40-18-16-37(3)15-9-10-17-41-24-14-13-23(19-25(24)39-4)34-29-35-28(30)38(36-29)27-20-26(31-21(2)32-27)33-22-11-7-6-8-12-22/h6-8,11-14,19-20H,5,9-10,15-18H2,1-4H3,(H,31,32,33)(H3,30,34,35,36). The monoisotopic (exact) mass is 561 g/mol. The second kappa shape index (κ2) is 14.8. The van der Waals surface area contributed by atoms with E-state index in [0.717, 1.165) is 50.5 Å². The van der Waals surface area contributed by atoms with Crippen LogP contribution in [0.4, 0.5) is 29.1 Å². The van der Waals surface area contributed by atoms with E-state index in [2.05, 4.69) is 42.6 Å². The summed E-state index contributed by atoms with van der Waals surface area (Å²) >= 11 is 0. The van der Waals surface area contributed by atoms with Gasteiger partial charge in [-0.15, -0.1) is 5.10 Å². The van der Waals surface area contributed by atoms with Gasteiger partial charge in [0.25, 0.3) is 0 Å². The first kappa shape index (κ1) is 29.6. The van der Waals surface area contributed by atoms with Crippen LogP contribution in [-0.4, -0.2) is 76.7 Å². The van der Waals surface area contributed by atoms with Crippen molar-refractivity contribution in [3.63, 3.8) is 0 Å². The molecule has 0 unspecified atom stereocenters. The number of anilines is 5. The molecule has 0 saturated heterocycles. The Hall–Kier alpha value is -4.42. The van der Waals surface area contributed by atoms with Gasteiger partial charge in [0.05, 0.1) is 20.3 Å². The summed E-state index contributed by atoms with van der Waals surface area (Å²) in [5.41, 5.74) is 7.84. The summed E-state index contributed by atoms with van der Waals surface area (Å²) in [7, 11) is 3.72. The van der Waals surface area contributed by atoms with E-state index in [1.54, 1.807) is 13.2 Å². The maximum absolute atomic E-state index is 6.20. The summed E-state index contributed by atoms with van der Waals surface area (Å²) in [6.07, 6.45) is 1.98. The first-order valence-electron chi connectivity index (χ1n) is 13.7. The topological polar surface area (TPSA) is 137 Å². The molecular weight excluding hydrogens is 522 g/mol. The summed E-state index contributed by atoms with van der Waals surface area (Å²) in [5.74, 6) is 3.48. The molecule has 0 amide bonds. The molecule has 0 aliphatic heterocycles. The molecule has 0 fully saturated rings. The molecule has 12 heteroatoms. The zero-order valence-electron chi connectivity index (χ0n) is 24.1. The fraction of sp³-hybridized carbons (Fsp3) is 0.379. The molecule has 2 heterocycles. The van der Waals surface area contributed by atoms with Gasteiger partial charge in [-0.05, 0) is 64.5 Å². The number of hydrogen-bond donors (Lipinski definition) is 3. The van der Waals surface area contributed by atoms with Crippen LogP contribution in [0.1, 0.15) is 25.6 Å². The van der Waals surface area contributed by atoms with Crippen LogP contribution in [0, 0.1) is 6.92 Å². The minimum absolute atomic E-state index is 0.187. The molecular formula is C29H39N9O3. The quantitative estimate of drug-likeness (QED) is 0.166. The number of nitrogens with one attached hydrogen (secondary N) is 2. The molecule has 0 spiro atoms. The van der Waals surface area contributed by atoms with Crippen molar-refractivity contribution in [3.8, 4) is 17.3 Å². The first-order valence-corrected chi connectivity index (χ1v) is 13.7. The lowest BCUT2D eigenvalue weighted by molar-refractivity contribution is 0.121. The number of benzene rings is 2. The van der Waals surface area contributed by atoms with Crippen LogP contribution in [0.2, 0.25) is 0 Å². The zero-order chi connectivity index (χ0) is 29.0. The Balaban J connectivity index is 1.35. The second-order valence-electron chi connectivity index (χ2n) is 9.40. The van der Waals surface area contributed by atoms with Gasteiger partial charge >= 0.3 is 0 Å². The summed E-state index contributed by atoms with van der Waals surface area (Å²) < 4.78 is 18.4. The van der Waals surface area contributed by atoms with Crippen LogP contribution >= 0.6 is 0 Å². The fourth-order valence-electron chi connectivity index (χ4n) is 4.08. The highest BCUT2D eigenvalue weighted by molar-refractivity contribution is 5.61. The number of methoxy groups -OCH3 is 1. The van der Waals surface area contributed by atoms with E-state index in [4.69, 9.17) is 19.9 Å². The molecule has 2 aromatic heterocycles.